The molecule has 1 saturated heterocycles. The lowest BCUT2D eigenvalue weighted by atomic mass is 9.96. The van der Waals surface area contributed by atoms with Crippen LogP contribution in [0.15, 0.2) is 4.52 Å². The van der Waals surface area contributed by atoms with Gasteiger partial charge in [-0.05, 0) is 38.9 Å². The van der Waals surface area contributed by atoms with Gasteiger partial charge in [0.05, 0.1) is 6.04 Å². The van der Waals surface area contributed by atoms with Crippen molar-refractivity contribution in [2.75, 3.05) is 32.7 Å². The zero-order chi connectivity index (χ0) is 16.3. The first-order chi connectivity index (χ1) is 10.3. The molecule has 1 aliphatic heterocycles. The Morgan fingerprint density at radius 2 is 2.00 bits per heavy atom. The van der Waals surface area contributed by atoms with Crippen LogP contribution in [-0.2, 0) is 5.41 Å². The van der Waals surface area contributed by atoms with Crippen LogP contribution in [0.3, 0.4) is 0 Å². The normalized spacial score (nSPS) is 21.7. The van der Waals surface area contributed by atoms with Crippen molar-refractivity contribution in [1.29, 1.82) is 0 Å². The summed E-state index contributed by atoms with van der Waals surface area (Å²) in [6.45, 7) is 18.7. The third kappa shape index (κ3) is 4.07. The van der Waals surface area contributed by atoms with Gasteiger partial charge in [-0.3, -0.25) is 4.90 Å². The molecule has 5 heteroatoms. The van der Waals surface area contributed by atoms with Crippen LogP contribution in [0.2, 0.25) is 0 Å². The molecule has 0 spiro atoms. The zero-order valence-electron chi connectivity index (χ0n) is 15.1. The summed E-state index contributed by atoms with van der Waals surface area (Å²) in [7, 11) is 0. The minimum absolute atomic E-state index is 0.0578. The van der Waals surface area contributed by atoms with E-state index in [1.54, 1.807) is 0 Å². The molecule has 1 fully saturated rings. The second kappa shape index (κ2) is 7.09. The van der Waals surface area contributed by atoms with Gasteiger partial charge in [-0.15, -0.1) is 0 Å². The summed E-state index contributed by atoms with van der Waals surface area (Å²) >= 11 is 0. The van der Waals surface area contributed by atoms with Crippen LogP contribution in [0.4, 0.5) is 0 Å². The predicted octanol–water partition coefficient (Wildman–Crippen LogP) is 3.09. The van der Waals surface area contributed by atoms with Crippen LogP contribution in [0.5, 0.6) is 0 Å². The fraction of sp³-hybridized carbons (Fsp3) is 0.882. The highest BCUT2D eigenvalue weighted by atomic mass is 16.5. The van der Waals surface area contributed by atoms with Gasteiger partial charge in [0.15, 0.2) is 5.82 Å². The Morgan fingerprint density at radius 3 is 2.55 bits per heavy atom. The monoisotopic (exact) mass is 308 g/mol. The summed E-state index contributed by atoms with van der Waals surface area (Å²) in [6, 6.07) is 0.213. The van der Waals surface area contributed by atoms with E-state index in [9.17, 15) is 0 Å². The Hall–Kier alpha value is -0.940. The molecule has 0 aliphatic carbocycles. The topological polar surface area (TPSA) is 45.4 Å². The minimum Gasteiger partial charge on any atom is -0.338 e. The molecule has 0 amide bonds. The van der Waals surface area contributed by atoms with Gasteiger partial charge in [0.1, 0.15) is 0 Å². The largest absolute Gasteiger partial charge is 0.338 e. The quantitative estimate of drug-likeness (QED) is 0.808. The van der Waals surface area contributed by atoms with Crippen molar-refractivity contribution in [2.45, 2.75) is 59.4 Å². The maximum atomic E-state index is 5.51. The van der Waals surface area contributed by atoms with E-state index in [4.69, 9.17) is 4.52 Å². The van der Waals surface area contributed by atoms with Gasteiger partial charge < -0.3 is 9.42 Å². The van der Waals surface area contributed by atoms with E-state index in [1.807, 2.05) is 0 Å². The number of aromatic nitrogens is 2. The Bertz CT molecular complexity index is 461. The maximum Gasteiger partial charge on any atom is 0.243 e. The Kier molecular flexibility index (Phi) is 5.61. The lowest BCUT2D eigenvalue weighted by Gasteiger charge is -2.24. The van der Waals surface area contributed by atoms with Crippen LogP contribution in [0.25, 0.3) is 0 Å². The SMILES string of the molecule is CCN(CC)C[C@@H]1CCN([C@H](C)c2nc(C(C)(C)C)no2)C1. The van der Waals surface area contributed by atoms with Gasteiger partial charge in [0, 0.05) is 18.5 Å². The van der Waals surface area contributed by atoms with Gasteiger partial charge in [0.2, 0.25) is 5.89 Å². The molecule has 2 heterocycles. The molecule has 5 nitrogen and oxygen atoms in total. The van der Waals surface area contributed by atoms with Crippen molar-refractivity contribution in [3.05, 3.63) is 11.7 Å². The Morgan fingerprint density at radius 1 is 1.32 bits per heavy atom. The molecule has 1 aromatic heterocycles. The molecule has 0 unspecified atom stereocenters. The fourth-order valence-corrected chi connectivity index (χ4v) is 3.08. The minimum atomic E-state index is -0.0578. The zero-order valence-corrected chi connectivity index (χ0v) is 15.1. The van der Waals surface area contributed by atoms with E-state index in [0.29, 0.717) is 0 Å². The van der Waals surface area contributed by atoms with E-state index in [-0.39, 0.29) is 11.5 Å². The average molecular weight is 308 g/mol. The van der Waals surface area contributed by atoms with E-state index in [2.05, 4.69) is 61.5 Å². The van der Waals surface area contributed by atoms with Crippen molar-refractivity contribution < 1.29 is 4.52 Å². The second-order valence-corrected chi connectivity index (χ2v) is 7.52. The molecule has 2 atom stereocenters. The average Bonchev–Trinajstić information content (AvgIpc) is 3.12. The summed E-state index contributed by atoms with van der Waals surface area (Å²) in [5.74, 6) is 2.31. The molecule has 1 aromatic rings. The van der Waals surface area contributed by atoms with E-state index in [1.165, 1.54) is 13.0 Å². The molecule has 0 N–H and O–H groups in total. The van der Waals surface area contributed by atoms with E-state index >= 15 is 0 Å². The highest BCUT2D eigenvalue weighted by molar-refractivity contribution is 5.02. The van der Waals surface area contributed by atoms with Crippen LogP contribution in [0, 0.1) is 5.92 Å². The van der Waals surface area contributed by atoms with Gasteiger partial charge in [-0.1, -0.05) is 39.8 Å². The molecular formula is C17H32N4O. The molecule has 0 aromatic carbocycles. The fourth-order valence-electron chi connectivity index (χ4n) is 3.08. The third-order valence-electron chi connectivity index (χ3n) is 4.75. The smallest absolute Gasteiger partial charge is 0.243 e. The standard InChI is InChI=1S/C17H32N4O/c1-7-20(8-2)11-14-9-10-21(12-14)13(3)15-18-16(19-22-15)17(4,5)6/h13-14H,7-12H2,1-6H3/t13-,14+/m1/s1. The van der Waals surface area contributed by atoms with Gasteiger partial charge in [-0.25, -0.2) is 0 Å². The summed E-state index contributed by atoms with van der Waals surface area (Å²) in [5.41, 5.74) is -0.0578. The number of nitrogens with zero attached hydrogens (tertiary/aromatic N) is 4. The van der Waals surface area contributed by atoms with Crippen molar-refractivity contribution in [1.82, 2.24) is 19.9 Å². The predicted molar refractivity (Wildman–Crippen MR) is 88.9 cm³/mol. The summed E-state index contributed by atoms with van der Waals surface area (Å²) in [5, 5.41) is 4.15. The Labute approximate surface area is 135 Å². The highest BCUT2D eigenvalue weighted by Crippen LogP contribution is 2.28. The molecule has 0 bridgehead atoms. The number of likely N-dealkylation sites (tertiary alicyclic amines) is 1. The highest BCUT2D eigenvalue weighted by Gasteiger charge is 2.31. The lowest BCUT2D eigenvalue weighted by Crippen LogP contribution is -2.31. The van der Waals surface area contributed by atoms with Crippen LogP contribution < -0.4 is 0 Å². The van der Waals surface area contributed by atoms with Gasteiger partial charge >= 0.3 is 0 Å². The van der Waals surface area contributed by atoms with Crippen LogP contribution in [-0.4, -0.2) is 52.7 Å². The molecule has 22 heavy (non-hydrogen) atoms. The first-order valence-electron chi connectivity index (χ1n) is 8.65. The molecule has 126 valence electrons. The Balaban J connectivity index is 1.94. The molecule has 0 saturated carbocycles. The summed E-state index contributed by atoms with van der Waals surface area (Å²) in [6.07, 6.45) is 1.26. The molecular weight excluding hydrogens is 276 g/mol. The number of rotatable bonds is 6. The number of hydrogen-bond donors (Lipinski definition) is 0. The summed E-state index contributed by atoms with van der Waals surface area (Å²) < 4.78 is 5.51. The molecule has 2 rings (SSSR count). The van der Waals surface area contributed by atoms with Crippen molar-refractivity contribution in [2.24, 2.45) is 5.92 Å². The van der Waals surface area contributed by atoms with Crippen molar-refractivity contribution in [3.63, 3.8) is 0 Å². The van der Waals surface area contributed by atoms with E-state index < -0.39 is 0 Å². The maximum absolute atomic E-state index is 5.51. The molecule has 1 aliphatic rings. The lowest BCUT2D eigenvalue weighted by molar-refractivity contribution is 0.191. The first-order valence-corrected chi connectivity index (χ1v) is 8.65. The summed E-state index contributed by atoms with van der Waals surface area (Å²) in [4.78, 5) is 9.61. The van der Waals surface area contributed by atoms with Crippen molar-refractivity contribution in [3.8, 4) is 0 Å². The third-order valence-corrected chi connectivity index (χ3v) is 4.75. The van der Waals surface area contributed by atoms with Crippen LogP contribution >= 0.6 is 0 Å². The van der Waals surface area contributed by atoms with Crippen molar-refractivity contribution >= 4 is 0 Å². The second-order valence-electron chi connectivity index (χ2n) is 7.52. The first kappa shape index (κ1) is 17.4. The number of hydrogen-bond acceptors (Lipinski definition) is 5. The van der Waals surface area contributed by atoms with Crippen LogP contribution in [0.1, 0.15) is 65.7 Å². The van der Waals surface area contributed by atoms with Gasteiger partial charge in [0.25, 0.3) is 0 Å². The van der Waals surface area contributed by atoms with Gasteiger partial charge in [-0.2, -0.15) is 4.98 Å². The molecule has 0 radical (unpaired) electrons. The van der Waals surface area contributed by atoms with E-state index in [0.717, 1.165) is 43.8 Å².